The summed E-state index contributed by atoms with van der Waals surface area (Å²) in [6, 6.07) is 1.71. The molecule has 0 bridgehead atoms. The summed E-state index contributed by atoms with van der Waals surface area (Å²) < 4.78 is 1.71. The fourth-order valence-corrected chi connectivity index (χ4v) is 1.19. The number of hydrogen-bond acceptors (Lipinski definition) is 3. The molecule has 0 radical (unpaired) electrons. The predicted octanol–water partition coefficient (Wildman–Crippen LogP) is 1.53. The number of aromatic nitrogens is 4. The fourth-order valence-electron chi connectivity index (χ4n) is 1.04. The zero-order valence-electron chi connectivity index (χ0n) is 6.98. The molecule has 4 nitrogen and oxygen atoms in total. The minimum Gasteiger partial charge on any atom is -0.275 e. The highest BCUT2D eigenvalue weighted by atomic mass is 35.5. The fraction of sp³-hybridized carbons (Fsp3) is 0.125. The Hall–Kier alpha value is -1.42. The van der Waals surface area contributed by atoms with Gasteiger partial charge in [-0.25, -0.2) is 9.97 Å². The van der Waals surface area contributed by atoms with Crippen molar-refractivity contribution >= 4 is 11.6 Å². The third-order valence-corrected chi connectivity index (χ3v) is 1.84. The lowest BCUT2D eigenvalue weighted by molar-refractivity contribution is 0.768. The quantitative estimate of drug-likeness (QED) is 0.647. The Morgan fingerprint density at radius 2 is 2.23 bits per heavy atom. The zero-order valence-corrected chi connectivity index (χ0v) is 7.73. The Bertz CT molecular complexity index is 424. The van der Waals surface area contributed by atoms with Gasteiger partial charge in [-0.05, 0) is 0 Å². The van der Waals surface area contributed by atoms with Gasteiger partial charge in [0.05, 0.1) is 11.9 Å². The summed E-state index contributed by atoms with van der Waals surface area (Å²) in [6.07, 6.45) is 5.04. The van der Waals surface area contributed by atoms with Crippen molar-refractivity contribution in [3.63, 3.8) is 0 Å². The van der Waals surface area contributed by atoms with Crippen molar-refractivity contribution in [2.75, 3.05) is 0 Å². The van der Waals surface area contributed by atoms with E-state index in [1.54, 1.807) is 16.9 Å². The van der Waals surface area contributed by atoms with Crippen LogP contribution in [0.5, 0.6) is 0 Å². The number of halogens is 1. The number of aryl methyl sites for hydroxylation is 1. The van der Waals surface area contributed by atoms with Crippen molar-refractivity contribution in [2.45, 2.75) is 0 Å². The molecule has 0 aliphatic heterocycles. The lowest BCUT2D eigenvalue weighted by atomic mass is 10.2. The summed E-state index contributed by atoms with van der Waals surface area (Å²) >= 11 is 5.72. The second-order valence-corrected chi connectivity index (χ2v) is 3.02. The smallest absolute Gasteiger partial charge is 0.133 e. The van der Waals surface area contributed by atoms with Crippen LogP contribution in [0.2, 0.25) is 5.15 Å². The summed E-state index contributed by atoms with van der Waals surface area (Å²) in [6.45, 7) is 0. The van der Waals surface area contributed by atoms with Crippen LogP contribution >= 0.6 is 11.6 Å². The molecule has 0 aromatic carbocycles. The van der Waals surface area contributed by atoms with Gasteiger partial charge in [-0.15, -0.1) is 0 Å². The molecule has 2 rings (SSSR count). The van der Waals surface area contributed by atoms with Gasteiger partial charge < -0.3 is 0 Å². The number of nitrogens with zero attached hydrogens (tertiary/aromatic N) is 4. The maximum Gasteiger partial charge on any atom is 0.133 e. The lowest BCUT2D eigenvalue weighted by Crippen LogP contribution is -1.85. The minimum atomic E-state index is 0.439. The SMILES string of the molecule is Cn1cc(-c2cc(Cl)ncn2)cn1. The lowest BCUT2D eigenvalue weighted by Gasteiger charge is -1.94. The first-order chi connectivity index (χ1) is 6.25. The summed E-state index contributed by atoms with van der Waals surface area (Å²) in [5.74, 6) is 0. The van der Waals surface area contributed by atoms with Gasteiger partial charge in [-0.2, -0.15) is 5.10 Å². The van der Waals surface area contributed by atoms with Gasteiger partial charge in [0.1, 0.15) is 11.5 Å². The van der Waals surface area contributed by atoms with Gasteiger partial charge in [0.25, 0.3) is 0 Å². The molecule has 0 N–H and O–H groups in total. The van der Waals surface area contributed by atoms with E-state index in [-0.39, 0.29) is 0 Å². The van der Waals surface area contributed by atoms with Crippen LogP contribution in [0.4, 0.5) is 0 Å². The molecule has 2 aromatic heterocycles. The summed E-state index contributed by atoms with van der Waals surface area (Å²) in [5, 5.41) is 4.47. The minimum absolute atomic E-state index is 0.439. The van der Waals surface area contributed by atoms with Crippen LogP contribution in [0, 0.1) is 0 Å². The van der Waals surface area contributed by atoms with Gasteiger partial charge in [0, 0.05) is 24.9 Å². The highest BCUT2D eigenvalue weighted by molar-refractivity contribution is 6.29. The Kier molecular flexibility index (Phi) is 1.98. The van der Waals surface area contributed by atoms with Crippen molar-refractivity contribution in [3.8, 4) is 11.3 Å². The molecule has 2 aromatic rings. The average molecular weight is 195 g/mol. The van der Waals surface area contributed by atoms with Crippen LogP contribution in [-0.4, -0.2) is 19.7 Å². The number of hydrogen-bond donors (Lipinski definition) is 0. The van der Waals surface area contributed by atoms with Crippen molar-refractivity contribution in [3.05, 3.63) is 29.9 Å². The average Bonchev–Trinajstić information content (AvgIpc) is 2.52. The molecule has 0 aliphatic rings. The van der Waals surface area contributed by atoms with Gasteiger partial charge >= 0.3 is 0 Å². The van der Waals surface area contributed by atoms with E-state index in [0.29, 0.717) is 5.15 Å². The Balaban J connectivity index is 2.46. The maximum atomic E-state index is 5.72. The molecule has 0 atom stereocenters. The maximum absolute atomic E-state index is 5.72. The molecule has 0 fully saturated rings. The van der Waals surface area contributed by atoms with E-state index in [9.17, 15) is 0 Å². The second-order valence-electron chi connectivity index (χ2n) is 2.63. The summed E-state index contributed by atoms with van der Waals surface area (Å²) in [4.78, 5) is 7.87. The largest absolute Gasteiger partial charge is 0.275 e. The predicted molar refractivity (Wildman–Crippen MR) is 49.2 cm³/mol. The first-order valence-electron chi connectivity index (χ1n) is 3.72. The third-order valence-electron chi connectivity index (χ3n) is 1.63. The number of rotatable bonds is 1. The molecule has 2 heterocycles. The Labute approximate surface area is 80.2 Å². The molecule has 66 valence electrons. The van der Waals surface area contributed by atoms with Crippen LogP contribution in [0.1, 0.15) is 0 Å². The van der Waals surface area contributed by atoms with E-state index in [4.69, 9.17) is 11.6 Å². The highest BCUT2D eigenvalue weighted by Gasteiger charge is 2.01. The Morgan fingerprint density at radius 1 is 1.38 bits per heavy atom. The van der Waals surface area contributed by atoms with Gasteiger partial charge in [0.15, 0.2) is 0 Å². The van der Waals surface area contributed by atoms with Gasteiger partial charge in [0.2, 0.25) is 0 Å². The molecule has 0 saturated heterocycles. The molecule has 5 heteroatoms. The monoisotopic (exact) mass is 194 g/mol. The van der Waals surface area contributed by atoms with Gasteiger partial charge in [-0.1, -0.05) is 11.6 Å². The van der Waals surface area contributed by atoms with Gasteiger partial charge in [-0.3, -0.25) is 4.68 Å². The van der Waals surface area contributed by atoms with E-state index in [1.165, 1.54) is 6.33 Å². The van der Waals surface area contributed by atoms with E-state index < -0.39 is 0 Å². The van der Waals surface area contributed by atoms with E-state index in [1.807, 2.05) is 13.2 Å². The molecule has 0 unspecified atom stereocenters. The highest BCUT2D eigenvalue weighted by Crippen LogP contribution is 2.17. The van der Waals surface area contributed by atoms with Crippen LogP contribution in [0.15, 0.2) is 24.8 Å². The second kappa shape index (κ2) is 3.14. The molecule has 0 aliphatic carbocycles. The van der Waals surface area contributed by atoms with Crippen molar-refractivity contribution < 1.29 is 0 Å². The Morgan fingerprint density at radius 3 is 2.85 bits per heavy atom. The topological polar surface area (TPSA) is 43.6 Å². The zero-order chi connectivity index (χ0) is 9.26. The third kappa shape index (κ3) is 1.67. The van der Waals surface area contributed by atoms with Crippen LogP contribution in [0.25, 0.3) is 11.3 Å². The van der Waals surface area contributed by atoms with Crippen molar-refractivity contribution in [1.82, 2.24) is 19.7 Å². The molecule has 0 saturated carbocycles. The standard InChI is InChI=1S/C8H7ClN4/c1-13-4-6(3-12-13)7-2-8(9)11-5-10-7/h2-5H,1H3. The molecule has 0 spiro atoms. The first-order valence-corrected chi connectivity index (χ1v) is 4.10. The van der Waals surface area contributed by atoms with E-state index in [2.05, 4.69) is 15.1 Å². The molecular formula is C8H7ClN4. The molecule has 13 heavy (non-hydrogen) atoms. The normalized spacial score (nSPS) is 10.3. The van der Waals surface area contributed by atoms with Crippen molar-refractivity contribution in [1.29, 1.82) is 0 Å². The van der Waals surface area contributed by atoms with Crippen LogP contribution in [0.3, 0.4) is 0 Å². The summed E-state index contributed by atoms with van der Waals surface area (Å²) in [7, 11) is 1.85. The van der Waals surface area contributed by atoms with Crippen LogP contribution < -0.4 is 0 Å². The van der Waals surface area contributed by atoms with Crippen LogP contribution in [-0.2, 0) is 7.05 Å². The van der Waals surface area contributed by atoms with E-state index >= 15 is 0 Å². The summed E-state index contributed by atoms with van der Waals surface area (Å²) in [5.41, 5.74) is 1.72. The molecule has 0 amide bonds. The van der Waals surface area contributed by atoms with Crippen molar-refractivity contribution in [2.24, 2.45) is 7.05 Å². The molecular weight excluding hydrogens is 188 g/mol. The van der Waals surface area contributed by atoms with E-state index in [0.717, 1.165) is 11.3 Å². The first kappa shape index (κ1) is 8.19.